The van der Waals surface area contributed by atoms with Gasteiger partial charge >= 0.3 is 0 Å². The lowest BCUT2D eigenvalue weighted by Crippen LogP contribution is -2.11. The molecular formula is C14H15BrClFN2. The van der Waals surface area contributed by atoms with Gasteiger partial charge in [-0.3, -0.25) is 0 Å². The van der Waals surface area contributed by atoms with Crippen molar-refractivity contribution < 1.29 is 4.39 Å². The highest BCUT2D eigenvalue weighted by molar-refractivity contribution is 9.10. The molecule has 1 saturated carbocycles. The molecule has 0 saturated heterocycles. The summed E-state index contributed by atoms with van der Waals surface area (Å²) in [6.07, 6.45) is 2.50. The molecule has 2 nitrogen and oxygen atoms in total. The molecule has 1 fully saturated rings. The molecule has 0 amide bonds. The van der Waals surface area contributed by atoms with E-state index in [4.69, 9.17) is 11.6 Å². The molecule has 2 unspecified atom stereocenters. The molecule has 2 aromatic rings. The number of halogens is 3. The summed E-state index contributed by atoms with van der Waals surface area (Å²) in [5, 5.41) is -0.185. The average molecular weight is 346 g/mol. The van der Waals surface area contributed by atoms with Crippen molar-refractivity contribution in [2.45, 2.75) is 38.1 Å². The number of hydrogen-bond acceptors (Lipinski definition) is 1. The normalized spacial score (nSPS) is 18.8. The van der Waals surface area contributed by atoms with Crippen LogP contribution in [0.4, 0.5) is 4.39 Å². The third kappa shape index (κ3) is 2.29. The van der Waals surface area contributed by atoms with Crippen LogP contribution in [0.1, 0.15) is 43.9 Å². The minimum Gasteiger partial charge on any atom is -0.324 e. The van der Waals surface area contributed by atoms with E-state index in [1.54, 1.807) is 6.07 Å². The van der Waals surface area contributed by atoms with Crippen molar-refractivity contribution in [3.8, 4) is 0 Å². The van der Waals surface area contributed by atoms with Gasteiger partial charge in [0.05, 0.1) is 20.9 Å². The molecule has 1 aromatic carbocycles. The lowest BCUT2D eigenvalue weighted by molar-refractivity contribution is 0.479. The molecule has 0 bridgehead atoms. The van der Waals surface area contributed by atoms with Gasteiger partial charge in [0.1, 0.15) is 11.6 Å². The number of benzene rings is 1. The maximum Gasteiger partial charge on any atom is 0.139 e. The molecule has 3 rings (SSSR count). The lowest BCUT2D eigenvalue weighted by atomic mass is 10.2. The van der Waals surface area contributed by atoms with Gasteiger partial charge < -0.3 is 4.57 Å². The number of imidazole rings is 1. The summed E-state index contributed by atoms with van der Waals surface area (Å²) >= 11 is 9.49. The first-order valence-electron chi connectivity index (χ1n) is 6.50. The standard InChI is InChI=1S/C14H15BrClFN2/c1-7(16)14-18-12-6-11(17)10(15)5-13(12)19(14)8(2)9-3-4-9/h5-9H,3-4H2,1-2H3. The predicted octanol–water partition coefficient (Wildman–Crippen LogP) is 5.21. The maximum atomic E-state index is 13.6. The monoisotopic (exact) mass is 344 g/mol. The fourth-order valence-corrected chi connectivity index (χ4v) is 3.09. The van der Waals surface area contributed by atoms with Gasteiger partial charge in [-0.05, 0) is 54.6 Å². The second kappa shape index (κ2) is 4.74. The van der Waals surface area contributed by atoms with E-state index in [1.807, 2.05) is 6.92 Å². The van der Waals surface area contributed by atoms with Gasteiger partial charge in [0, 0.05) is 12.1 Å². The van der Waals surface area contributed by atoms with Gasteiger partial charge in [-0.15, -0.1) is 11.6 Å². The van der Waals surface area contributed by atoms with E-state index >= 15 is 0 Å². The van der Waals surface area contributed by atoms with E-state index in [-0.39, 0.29) is 11.2 Å². The first-order chi connectivity index (χ1) is 8.99. The van der Waals surface area contributed by atoms with Crippen molar-refractivity contribution in [3.63, 3.8) is 0 Å². The molecule has 1 aliphatic carbocycles. The molecule has 0 spiro atoms. The van der Waals surface area contributed by atoms with E-state index in [1.165, 1.54) is 18.9 Å². The zero-order valence-corrected chi connectivity index (χ0v) is 13.2. The quantitative estimate of drug-likeness (QED) is 0.698. The molecule has 102 valence electrons. The van der Waals surface area contributed by atoms with Crippen LogP contribution in [0.2, 0.25) is 0 Å². The zero-order chi connectivity index (χ0) is 13.7. The Bertz CT molecular complexity index is 634. The number of aromatic nitrogens is 2. The van der Waals surface area contributed by atoms with Crippen molar-refractivity contribution >= 4 is 38.6 Å². The summed E-state index contributed by atoms with van der Waals surface area (Å²) in [4.78, 5) is 4.52. The number of alkyl halides is 1. The lowest BCUT2D eigenvalue weighted by Gasteiger charge is -2.18. The largest absolute Gasteiger partial charge is 0.324 e. The van der Waals surface area contributed by atoms with E-state index in [0.29, 0.717) is 21.9 Å². The third-order valence-electron chi connectivity index (χ3n) is 3.83. The van der Waals surface area contributed by atoms with Crippen LogP contribution in [0, 0.1) is 11.7 Å². The van der Waals surface area contributed by atoms with Crippen LogP contribution in [0.15, 0.2) is 16.6 Å². The second-order valence-electron chi connectivity index (χ2n) is 5.29. The van der Waals surface area contributed by atoms with Gasteiger partial charge in [0.15, 0.2) is 0 Å². The van der Waals surface area contributed by atoms with Crippen LogP contribution in [0.3, 0.4) is 0 Å². The number of hydrogen-bond donors (Lipinski definition) is 0. The smallest absolute Gasteiger partial charge is 0.139 e. The summed E-state index contributed by atoms with van der Waals surface area (Å²) in [5.74, 6) is 1.23. The molecular weight excluding hydrogens is 331 g/mol. The summed E-state index contributed by atoms with van der Waals surface area (Å²) in [5.41, 5.74) is 1.63. The number of fused-ring (bicyclic) bond motifs is 1. The van der Waals surface area contributed by atoms with Gasteiger partial charge in [0.25, 0.3) is 0 Å². The van der Waals surface area contributed by atoms with Gasteiger partial charge in [-0.25, -0.2) is 9.37 Å². The first kappa shape index (κ1) is 13.4. The highest BCUT2D eigenvalue weighted by Crippen LogP contribution is 2.42. The maximum absolute atomic E-state index is 13.6. The van der Waals surface area contributed by atoms with Gasteiger partial charge in [-0.2, -0.15) is 0 Å². The topological polar surface area (TPSA) is 17.8 Å². The minimum absolute atomic E-state index is 0.185. The molecule has 5 heteroatoms. The average Bonchev–Trinajstić information content (AvgIpc) is 3.12. The fourth-order valence-electron chi connectivity index (χ4n) is 2.61. The van der Waals surface area contributed by atoms with E-state index < -0.39 is 0 Å². The number of nitrogens with zero attached hydrogens (tertiary/aromatic N) is 2. The van der Waals surface area contributed by atoms with Gasteiger partial charge in [0.2, 0.25) is 0 Å². The van der Waals surface area contributed by atoms with Crippen molar-refractivity contribution in [2.75, 3.05) is 0 Å². The Morgan fingerprint density at radius 3 is 2.68 bits per heavy atom. The summed E-state index contributed by atoms with van der Waals surface area (Å²) in [6.45, 7) is 4.10. The highest BCUT2D eigenvalue weighted by Gasteiger charge is 2.32. The van der Waals surface area contributed by atoms with Crippen LogP contribution in [0.5, 0.6) is 0 Å². The predicted molar refractivity (Wildman–Crippen MR) is 79.1 cm³/mol. The summed E-state index contributed by atoms with van der Waals surface area (Å²) in [6, 6.07) is 3.64. The van der Waals surface area contributed by atoms with Crippen LogP contribution in [-0.4, -0.2) is 9.55 Å². The number of rotatable bonds is 3. The minimum atomic E-state index is -0.287. The Morgan fingerprint density at radius 1 is 1.42 bits per heavy atom. The summed E-state index contributed by atoms with van der Waals surface area (Å²) in [7, 11) is 0. The Balaban J connectivity index is 2.25. The molecule has 0 aliphatic heterocycles. The fraction of sp³-hybridized carbons (Fsp3) is 0.500. The molecule has 2 atom stereocenters. The van der Waals surface area contributed by atoms with Crippen molar-refractivity contribution in [2.24, 2.45) is 5.92 Å². The third-order valence-corrected chi connectivity index (χ3v) is 4.63. The van der Waals surface area contributed by atoms with E-state index in [9.17, 15) is 4.39 Å². The molecule has 1 aliphatic rings. The van der Waals surface area contributed by atoms with Crippen LogP contribution in [0.25, 0.3) is 11.0 Å². The van der Waals surface area contributed by atoms with Crippen LogP contribution >= 0.6 is 27.5 Å². The van der Waals surface area contributed by atoms with E-state index in [2.05, 4.69) is 32.4 Å². The Labute approximate surface area is 125 Å². The second-order valence-corrected chi connectivity index (χ2v) is 6.80. The molecule has 1 aromatic heterocycles. The Morgan fingerprint density at radius 2 is 2.11 bits per heavy atom. The van der Waals surface area contributed by atoms with Crippen molar-refractivity contribution in [1.82, 2.24) is 9.55 Å². The van der Waals surface area contributed by atoms with Crippen molar-refractivity contribution in [1.29, 1.82) is 0 Å². The Kier molecular flexibility index (Phi) is 3.34. The van der Waals surface area contributed by atoms with Crippen LogP contribution < -0.4 is 0 Å². The SMILES string of the molecule is CC(Cl)c1nc2cc(F)c(Br)cc2n1C(C)C1CC1. The van der Waals surface area contributed by atoms with Gasteiger partial charge in [-0.1, -0.05) is 0 Å². The molecule has 19 heavy (non-hydrogen) atoms. The van der Waals surface area contributed by atoms with E-state index in [0.717, 1.165) is 11.3 Å². The molecule has 0 N–H and O–H groups in total. The zero-order valence-electron chi connectivity index (χ0n) is 10.8. The highest BCUT2D eigenvalue weighted by atomic mass is 79.9. The van der Waals surface area contributed by atoms with Crippen LogP contribution in [-0.2, 0) is 0 Å². The Hall–Kier alpha value is -0.610. The molecule has 1 heterocycles. The summed E-state index contributed by atoms with van der Waals surface area (Å²) < 4.78 is 16.3. The van der Waals surface area contributed by atoms with Crippen molar-refractivity contribution in [3.05, 3.63) is 28.2 Å². The molecule has 0 radical (unpaired) electrons. The first-order valence-corrected chi connectivity index (χ1v) is 7.73.